The van der Waals surface area contributed by atoms with Crippen LogP contribution < -0.4 is 21.1 Å². The van der Waals surface area contributed by atoms with Crippen LogP contribution in [0, 0.1) is 0 Å². The van der Waals surface area contributed by atoms with E-state index in [2.05, 4.69) is 30.6 Å². The van der Waals surface area contributed by atoms with Gasteiger partial charge in [0.2, 0.25) is 17.7 Å². The van der Waals surface area contributed by atoms with Crippen LogP contribution in [-0.4, -0.2) is 31.8 Å². The Morgan fingerprint density at radius 1 is 0.943 bits per heavy atom. The van der Waals surface area contributed by atoms with E-state index >= 15 is 0 Å². The van der Waals surface area contributed by atoms with Crippen LogP contribution in [0.3, 0.4) is 0 Å². The van der Waals surface area contributed by atoms with Crippen LogP contribution in [0.5, 0.6) is 5.88 Å². The molecular formula is C25H27N7O3. The summed E-state index contributed by atoms with van der Waals surface area (Å²) in [5, 5.41) is 5.78. The number of aromatic amines is 1. The van der Waals surface area contributed by atoms with Crippen molar-refractivity contribution in [3.63, 3.8) is 0 Å². The number of ether oxygens (including phenoxy) is 1. The van der Waals surface area contributed by atoms with Gasteiger partial charge in [-0.1, -0.05) is 43.3 Å². The monoisotopic (exact) mass is 473 g/mol. The summed E-state index contributed by atoms with van der Waals surface area (Å²) in [4.78, 5) is 39.3. The maximum atomic E-state index is 12.5. The number of aromatic nitrogens is 4. The number of nitrogen functional groups attached to an aromatic ring is 1. The van der Waals surface area contributed by atoms with Crippen LogP contribution in [0.2, 0.25) is 0 Å². The molecule has 0 saturated heterocycles. The zero-order valence-corrected chi connectivity index (χ0v) is 19.4. The molecule has 4 rings (SSSR count). The first-order valence-corrected chi connectivity index (χ1v) is 11.3. The average molecular weight is 474 g/mol. The molecule has 2 aromatic carbocycles. The molecule has 35 heavy (non-hydrogen) atoms. The minimum Gasteiger partial charge on any atom is -0.471 e. The lowest BCUT2D eigenvalue weighted by atomic mass is 10.1. The molecule has 0 radical (unpaired) electrons. The van der Waals surface area contributed by atoms with Gasteiger partial charge in [-0.3, -0.25) is 9.59 Å². The third kappa shape index (κ3) is 6.32. The molecule has 0 unspecified atom stereocenters. The van der Waals surface area contributed by atoms with Crippen LogP contribution in [0.25, 0.3) is 11.2 Å². The maximum Gasteiger partial charge on any atom is 0.251 e. The topological polar surface area (TPSA) is 148 Å². The van der Waals surface area contributed by atoms with Crippen molar-refractivity contribution in [2.75, 3.05) is 5.73 Å². The molecule has 10 nitrogen and oxygen atoms in total. The molecule has 0 aliphatic rings. The van der Waals surface area contributed by atoms with Gasteiger partial charge in [-0.05, 0) is 35.2 Å². The highest BCUT2D eigenvalue weighted by atomic mass is 16.5. The highest BCUT2D eigenvalue weighted by Gasteiger charge is 2.10. The normalized spacial score (nSPS) is 10.8. The summed E-state index contributed by atoms with van der Waals surface area (Å²) >= 11 is 0. The molecule has 2 aromatic heterocycles. The molecule has 0 fully saturated rings. The van der Waals surface area contributed by atoms with Crippen molar-refractivity contribution in [3.8, 4) is 5.88 Å². The number of fused-ring (bicyclic) bond motifs is 1. The molecule has 0 bridgehead atoms. The quantitative estimate of drug-likeness (QED) is 0.277. The lowest BCUT2D eigenvalue weighted by molar-refractivity contribution is -0.121. The van der Waals surface area contributed by atoms with E-state index in [0.29, 0.717) is 42.1 Å². The number of hydrogen-bond acceptors (Lipinski definition) is 7. The molecule has 10 heteroatoms. The second-order valence-electron chi connectivity index (χ2n) is 8.00. The first-order chi connectivity index (χ1) is 17.0. The molecule has 0 spiro atoms. The van der Waals surface area contributed by atoms with E-state index in [4.69, 9.17) is 10.5 Å². The highest BCUT2D eigenvalue weighted by molar-refractivity contribution is 5.94. The second-order valence-corrected chi connectivity index (χ2v) is 8.00. The molecule has 0 aliphatic carbocycles. The van der Waals surface area contributed by atoms with Gasteiger partial charge >= 0.3 is 0 Å². The number of benzene rings is 2. The Kier molecular flexibility index (Phi) is 7.51. The van der Waals surface area contributed by atoms with Crippen molar-refractivity contribution in [3.05, 3.63) is 77.1 Å². The van der Waals surface area contributed by atoms with E-state index in [1.807, 2.05) is 43.3 Å². The maximum absolute atomic E-state index is 12.5. The van der Waals surface area contributed by atoms with Crippen molar-refractivity contribution >= 4 is 28.9 Å². The van der Waals surface area contributed by atoms with Gasteiger partial charge in [-0.2, -0.15) is 9.97 Å². The minimum absolute atomic E-state index is 0.0283. The zero-order chi connectivity index (χ0) is 24.6. The summed E-state index contributed by atoms with van der Waals surface area (Å²) < 4.78 is 5.79. The minimum atomic E-state index is -0.164. The number of carbonyl (C=O) groups is 2. The molecular weight excluding hydrogens is 446 g/mol. The van der Waals surface area contributed by atoms with Crippen molar-refractivity contribution in [1.82, 2.24) is 30.6 Å². The summed E-state index contributed by atoms with van der Waals surface area (Å²) in [7, 11) is 0. The van der Waals surface area contributed by atoms with E-state index in [9.17, 15) is 9.59 Å². The summed E-state index contributed by atoms with van der Waals surface area (Å²) in [5.41, 5.74) is 10.2. The van der Waals surface area contributed by atoms with Crippen LogP contribution in [-0.2, 0) is 24.5 Å². The number of anilines is 1. The third-order valence-electron chi connectivity index (χ3n) is 5.30. The van der Waals surface area contributed by atoms with Crippen LogP contribution in [0.15, 0.2) is 54.9 Å². The Morgan fingerprint density at radius 3 is 2.31 bits per heavy atom. The number of rotatable bonds is 10. The molecule has 4 aromatic rings. The summed E-state index contributed by atoms with van der Waals surface area (Å²) in [6, 6.07) is 14.9. The second kappa shape index (κ2) is 11.1. The first-order valence-electron chi connectivity index (χ1n) is 11.3. The lowest BCUT2D eigenvalue weighted by Crippen LogP contribution is -2.23. The summed E-state index contributed by atoms with van der Waals surface area (Å²) in [5.74, 6) is 0.291. The van der Waals surface area contributed by atoms with Crippen LogP contribution in [0.4, 0.5) is 5.95 Å². The van der Waals surface area contributed by atoms with E-state index in [1.165, 1.54) is 6.33 Å². The molecule has 0 atom stereocenters. The van der Waals surface area contributed by atoms with Gasteiger partial charge in [0.15, 0.2) is 11.2 Å². The first kappa shape index (κ1) is 23.7. The Hall–Kier alpha value is -4.47. The summed E-state index contributed by atoms with van der Waals surface area (Å²) in [6.45, 7) is 3.10. The van der Waals surface area contributed by atoms with Gasteiger partial charge in [0.05, 0.1) is 6.33 Å². The third-order valence-corrected chi connectivity index (χ3v) is 5.30. The molecule has 0 saturated carbocycles. The summed E-state index contributed by atoms with van der Waals surface area (Å²) in [6.07, 6.45) is 2.84. The Balaban J connectivity index is 1.26. The number of carbonyl (C=O) groups excluding carboxylic acids is 2. The number of nitrogens with two attached hydrogens (primary N) is 1. The van der Waals surface area contributed by atoms with Gasteiger partial charge in [-0.15, -0.1) is 0 Å². The van der Waals surface area contributed by atoms with Gasteiger partial charge in [0, 0.05) is 25.1 Å². The highest BCUT2D eigenvalue weighted by Crippen LogP contribution is 2.21. The molecule has 180 valence electrons. The number of amides is 2. The Bertz CT molecular complexity index is 1300. The lowest BCUT2D eigenvalue weighted by Gasteiger charge is -2.09. The standard InChI is InChI=1S/C25H27N7O3/c1-2-3-20(33)27-12-17-8-10-19(11-9-17)23(34)28-13-16-4-6-18(7-5-16)14-35-24-21-22(30-15-29-21)31-25(26)32-24/h4-11,15H,2-3,12-14H2,1H3,(H,27,33)(H,28,34)(H3,26,29,30,31,32). The van der Waals surface area contributed by atoms with Gasteiger partial charge < -0.3 is 26.1 Å². The van der Waals surface area contributed by atoms with Crippen LogP contribution >= 0.6 is 0 Å². The number of hydrogen-bond donors (Lipinski definition) is 4. The van der Waals surface area contributed by atoms with E-state index in [0.717, 1.165) is 23.1 Å². The van der Waals surface area contributed by atoms with Gasteiger partial charge in [0.25, 0.3) is 5.91 Å². The van der Waals surface area contributed by atoms with E-state index in [1.54, 1.807) is 12.1 Å². The van der Waals surface area contributed by atoms with Gasteiger partial charge in [0.1, 0.15) is 6.61 Å². The largest absolute Gasteiger partial charge is 0.471 e. The van der Waals surface area contributed by atoms with Crippen molar-refractivity contribution in [2.45, 2.75) is 39.5 Å². The average Bonchev–Trinajstić information content (AvgIpc) is 3.34. The van der Waals surface area contributed by atoms with Crippen molar-refractivity contribution < 1.29 is 14.3 Å². The smallest absolute Gasteiger partial charge is 0.251 e. The Labute approximate surface area is 202 Å². The zero-order valence-electron chi connectivity index (χ0n) is 19.4. The van der Waals surface area contributed by atoms with Gasteiger partial charge in [-0.25, -0.2) is 4.98 Å². The van der Waals surface area contributed by atoms with Crippen LogP contribution in [0.1, 0.15) is 46.8 Å². The van der Waals surface area contributed by atoms with Crippen molar-refractivity contribution in [1.29, 1.82) is 0 Å². The number of nitrogens with one attached hydrogen (secondary N) is 3. The van der Waals surface area contributed by atoms with E-state index in [-0.39, 0.29) is 24.4 Å². The number of nitrogens with zero attached hydrogens (tertiary/aromatic N) is 3. The molecule has 0 aliphatic heterocycles. The fourth-order valence-corrected chi connectivity index (χ4v) is 3.41. The SMILES string of the molecule is CCCC(=O)NCc1ccc(C(=O)NCc2ccc(COc3nc(N)nc4[nH]cnc34)cc2)cc1. The molecule has 5 N–H and O–H groups in total. The Morgan fingerprint density at radius 2 is 1.60 bits per heavy atom. The number of H-pyrrole nitrogens is 1. The molecule has 2 amide bonds. The predicted octanol–water partition coefficient (Wildman–Crippen LogP) is 2.86. The molecule has 2 heterocycles. The van der Waals surface area contributed by atoms with E-state index < -0.39 is 0 Å². The number of imidazole rings is 1. The fourth-order valence-electron chi connectivity index (χ4n) is 3.41. The van der Waals surface area contributed by atoms with Crippen molar-refractivity contribution in [2.24, 2.45) is 0 Å². The fraction of sp³-hybridized carbons (Fsp3) is 0.240. The predicted molar refractivity (Wildman–Crippen MR) is 131 cm³/mol.